The summed E-state index contributed by atoms with van der Waals surface area (Å²) in [7, 11) is 1.92. The molecule has 17 heavy (non-hydrogen) atoms. The number of nitrogens with zero attached hydrogens (tertiary/aromatic N) is 2. The van der Waals surface area contributed by atoms with E-state index in [1.165, 1.54) is 0 Å². The summed E-state index contributed by atoms with van der Waals surface area (Å²) in [6, 6.07) is 0. The van der Waals surface area contributed by atoms with Crippen molar-refractivity contribution in [3.63, 3.8) is 0 Å². The molecule has 1 rings (SSSR count). The van der Waals surface area contributed by atoms with Crippen molar-refractivity contribution in [2.45, 2.75) is 27.3 Å². The molecular weight excluding hydrogens is 220 g/mol. The Labute approximate surface area is 102 Å². The molecule has 1 heterocycles. The van der Waals surface area contributed by atoms with Crippen LogP contribution >= 0.6 is 0 Å². The van der Waals surface area contributed by atoms with Crippen LogP contribution in [0.2, 0.25) is 0 Å². The van der Waals surface area contributed by atoms with Gasteiger partial charge in [0.1, 0.15) is 5.76 Å². The summed E-state index contributed by atoms with van der Waals surface area (Å²) >= 11 is 0. The second-order valence-electron chi connectivity index (χ2n) is 5.05. The van der Waals surface area contributed by atoms with Crippen LogP contribution in [0.4, 0.5) is 0 Å². The Morgan fingerprint density at radius 2 is 1.88 bits per heavy atom. The molecule has 0 spiro atoms. The average molecular weight is 242 g/mol. The van der Waals surface area contributed by atoms with E-state index in [4.69, 9.17) is 4.42 Å². The zero-order chi connectivity index (χ0) is 13.1. The van der Waals surface area contributed by atoms with Gasteiger partial charge in [0.25, 0.3) is 0 Å². The van der Waals surface area contributed by atoms with Crippen molar-refractivity contribution < 1.29 is 14.6 Å². The molecule has 0 aliphatic carbocycles. The van der Waals surface area contributed by atoms with Crippen molar-refractivity contribution in [1.29, 1.82) is 0 Å². The van der Waals surface area contributed by atoms with Crippen LogP contribution < -0.4 is 0 Å². The molecule has 5 nitrogen and oxygen atoms in total. The van der Waals surface area contributed by atoms with Gasteiger partial charge < -0.3 is 14.6 Å². The van der Waals surface area contributed by atoms with Gasteiger partial charge in [-0.2, -0.15) is 0 Å². The van der Waals surface area contributed by atoms with Gasteiger partial charge in [-0.15, -0.1) is 0 Å². The van der Waals surface area contributed by atoms with Crippen molar-refractivity contribution >= 4 is 0 Å². The predicted molar refractivity (Wildman–Crippen MR) is 64.6 cm³/mol. The molecule has 0 saturated carbocycles. The third-order valence-electron chi connectivity index (χ3n) is 2.89. The molecule has 5 heteroatoms. The summed E-state index contributed by atoms with van der Waals surface area (Å²) in [5.74, 6) is 1.50. The van der Waals surface area contributed by atoms with E-state index in [-0.39, 0.29) is 13.2 Å². The first-order chi connectivity index (χ1) is 7.90. The highest BCUT2D eigenvalue weighted by Crippen LogP contribution is 2.17. The van der Waals surface area contributed by atoms with Crippen molar-refractivity contribution in [3.05, 3.63) is 17.3 Å². The summed E-state index contributed by atoms with van der Waals surface area (Å²) in [5, 5.41) is 18.4. The van der Waals surface area contributed by atoms with Crippen molar-refractivity contribution in [2.75, 3.05) is 26.8 Å². The highest BCUT2D eigenvalue weighted by Gasteiger charge is 2.25. The molecule has 0 amide bonds. The molecule has 0 bridgehead atoms. The third kappa shape index (κ3) is 3.80. The van der Waals surface area contributed by atoms with Crippen LogP contribution in [0.5, 0.6) is 0 Å². The maximum atomic E-state index is 9.22. The first-order valence-electron chi connectivity index (χ1n) is 5.73. The van der Waals surface area contributed by atoms with E-state index in [0.717, 1.165) is 11.5 Å². The molecule has 0 radical (unpaired) electrons. The van der Waals surface area contributed by atoms with Gasteiger partial charge in [0, 0.05) is 12.0 Å². The van der Waals surface area contributed by atoms with Crippen LogP contribution in [0.1, 0.15) is 24.3 Å². The Morgan fingerprint density at radius 3 is 2.29 bits per heavy atom. The second kappa shape index (κ2) is 5.62. The van der Waals surface area contributed by atoms with Crippen molar-refractivity contribution in [1.82, 2.24) is 9.88 Å². The molecule has 0 aliphatic heterocycles. The molecule has 0 fully saturated rings. The van der Waals surface area contributed by atoms with Gasteiger partial charge in [-0.3, -0.25) is 4.90 Å². The standard InChI is InChI=1S/C12H22N2O3/c1-9-10(2)17-11(13-9)5-14(4)6-12(3,7-15)8-16/h15-16H,5-8H2,1-4H3. The Kier molecular flexibility index (Phi) is 4.68. The first kappa shape index (κ1) is 14.2. The van der Waals surface area contributed by atoms with Gasteiger partial charge in [-0.25, -0.2) is 4.98 Å². The lowest BCUT2D eigenvalue weighted by Crippen LogP contribution is -2.38. The zero-order valence-corrected chi connectivity index (χ0v) is 11.0. The molecule has 1 aromatic rings. The topological polar surface area (TPSA) is 69.7 Å². The van der Waals surface area contributed by atoms with E-state index in [0.29, 0.717) is 19.0 Å². The van der Waals surface area contributed by atoms with Crippen LogP contribution in [0.15, 0.2) is 4.42 Å². The largest absolute Gasteiger partial charge is 0.444 e. The minimum absolute atomic E-state index is 0.0442. The number of rotatable bonds is 6. The Hall–Kier alpha value is -0.910. The predicted octanol–water partition coefficient (Wildman–Crippen LogP) is 0.714. The van der Waals surface area contributed by atoms with Crippen LogP contribution in [0.25, 0.3) is 0 Å². The number of hydrogen-bond acceptors (Lipinski definition) is 5. The minimum Gasteiger partial charge on any atom is -0.444 e. The summed E-state index contributed by atoms with van der Waals surface area (Å²) in [6.07, 6.45) is 0. The lowest BCUT2D eigenvalue weighted by Gasteiger charge is -2.29. The lowest BCUT2D eigenvalue weighted by molar-refractivity contribution is 0.0382. The molecule has 0 saturated heterocycles. The molecule has 0 aromatic carbocycles. The van der Waals surface area contributed by atoms with E-state index >= 15 is 0 Å². The fraction of sp³-hybridized carbons (Fsp3) is 0.750. The third-order valence-corrected chi connectivity index (χ3v) is 2.89. The minimum atomic E-state index is -0.495. The quantitative estimate of drug-likeness (QED) is 0.769. The fourth-order valence-electron chi connectivity index (χ4n) is 1.70. The highest BCUT2D eigenvalue weighted by molar-refractivity contribution is 5.05. The van der Waals surface area contributed by atoms with Gasteiger partial charge >= 0.3 is 0 Å². The first-order valence-corrected chi connectivity index (χ1v) is 5.73. The molecule has 0 unspecified atom stereocenters. The monoisotopic (exact) mass is 242 g/mol. The molecule has 1 aromatic heterocycles. The summed E-state index contributed by atoms with van der Waals surface area (Å²) in [6.45, 7) is 6.71. The SMILES string of the molecule is Cc1nc(CN(C)CC(C)(CO)CO)oc1C. The molecule has 98 valence electrons. The molecule has 2 N–H and O–H groups in total. The van der Waals surface area contributed by atoms with Crippen molar-refractivity contribution in [2.24, 2.45) is 5.41 Å². The average Bonchev–Trinajstić information content (AvgIpc) is 2.57. The number of aliphatic hydroxyl groups excluding tert-OH is 2. The second-order valence-corrected chi connectivity index (χ2v) is 5.05. The van der Waals surface area contributed by atoms with Gasteiger partial charge in [0.05, 0.1) is 25.5 Å². The molecular formula is C12H22N2O3. The Balaban J connectivity index is 2.57. The Morgan fingerprint density at radius 1 is 1.29 bits per heavy atom. The smallest absolute Gasteiger partial charge is 0.208 e. The van der Waals surface area contributed by atoms with Crippen LogP contribution in [-0.4, -0.2) is 46.9 Å². The van der Waals surface area contributed by atoms with Crippen LogP contribution in [-0.2, 0) is 6.54 Å². The van der Waals surface area contributed by atoms with E-state index < -0.39 is 5.41 Å². The number of hydrogen-bond donors (Lipinski definition) is 2. The zero-order valence-electron chi connectivity index (χ0n) is 11.0. The van der Waals surface area contributed by atoms with E-state index in [1.54, 1.807) is 0 Å². The normalized spacial score (nSPS) is 12.4. The molecule has 0 aliphatic rings. The van der Waals surface area contributed by atoms with Crippen LogP contribution in [0, 0.1) is 19.3 Å². The maximum absolute atomic E-state index is 9.22. The van der Waals surface area contributed by atoms with Gasteiger partial charge in [0.15, 0.2) is 0 Å². The number of oxazole rings is 1. The fourth-order valence-corrected chi connectivity index (χ4v) is 1.70. The summed E-state index contributed by atoms with van der Waals surface area (Å²) < 4.78 is 5.49. The van der Waals surface area contributed by atoms with E-state index in [9.17, 15) is 10.2 Å². The maximum Gasteiger partial charge on any atom is 0.208 e. The lowest BCUT2D eigenvalue weighted by atomic mass is 9.92. The van der Waals surface area contributed by atoms with Crippen LogP contribution in [0.3, 0.4) is 0 Å². The van der Waals surface area contributed by atoms with Crippen molar-refractivity contribution in [3.8, 4) is 0 Å². The van der Waals surface area contributed by atoms with Gasteiger partial charge in [-0.05, 0) is 20.9 Å². The highest BCUT2D eigenvalue weighted by atomic mass is 16.4. The number of aryl methyl sites for hydroxylation is 2. The van der Waals surface area contributed by atoms with E-state index in [2.05, 4.69) is 4.98 Å². The van der Waals surface area contributed by atoms with E-state index in [1.807, 2.05) is 32.7 Å². The molecule has 0 atom stereocenters. The van der Waals surface area contributed by atoms with Gasteiger partial charge in [-0.1, -0.05) is 6.92 Å². The summed E-state index contributed by atoms with van der Waals surface area (Å²) in [5.41, 5.74) is 0.409. The summed E-state index contributed by atoms with van der Waals surface area (Å²) in [4.78, 5) is 6.28. The number of aliphatic hydroxyl groups is 2. The number of aromatic nitrogens is 1. The van der Waals surface area contributed by atoms with Gasteiger partial charge in [0.2, 0.25) is 5.89 Å². The Bertz CT molecular complexity index is 339.